The van der Waals surface area contributed by atoms with Gasteiger partial charge in [0, 0.05) is 18.1 Å². The van der Waals surface area contributed by atoms with Crippen LogP contribution in [-0.2, 0) is 11.3 Å². The number of nitrogens with one attached hydrogen (secondary N) is 2. The maximum absolute atomic E-state index is 11.6. The molecule has 0 saturated carbocycles. The molecule has 0 saturated heterocycles. The number of methoxy groups -OCH3 is 1. The van der Waals surface area contributed by atoms with Crippen LogP contribution in [0.3, 0.4) is 0 Å². The second-order valence-corrected chi connectivity index (χ2v) is 5.14. The number of anilines is 3. The minimum absolute atomic E-state index is 0.393. The van der Waals surface area contributed by atoms with Gasteiger partial charge >= 0.3 is 5.97 Å². The molecule has 0 aliphatic carbocycles. The van der Waals surface area contributed by atoms with Gasteiger partial charge in [0.25, 0.3) is 0 Å². The number of hydrogen-bond acceptors (Lipinski definition) is 7. The van der Waals surface area contributed by atoms with E-state index in [-0.39, 0.29) is 0 Å². The molecule has 2 N–H and O–H groups in total. The van der Waals surface area contributed by atoms with Crippen molar-refractivity contribution in [3.05, 3.63) is 72.2 Å². The first-order valence-electron chi connectivity index (χ1n) is 7.67. The summed E-state index contributed by atoms with van der Waals surface area (Å²) >= 11 is 0. The lowest BCUT2D eigenvalue weighted by atomic mass is 10.2. The van der Waals surface area contributed by atoms with Crippen LogP contribution in [0.5, 0.6) is 0 Å². The summed E-state index contributed by atoms with van der Waals surface area (Å²) in [6, 6.07) is 14.5. The Morgan fingerprint density at radius 3 is 2.80 bits per heavy atom. The molecule has 25 heavy (non-hydrogen) atoms. The number of benzene rings is 1. The quantitative estimate of drug-likeness (QED) is 0.669. The number of aromatic nitrogens is 3. The van der Waals surface area contributed by atoms with Gasteiger partial charge in [0.2, 0.25) is 5.95 Å². The zero-order valence-corrected chi connectivity index (χ0v) is 13.6. The van der Waals surface area contributed by atoms with Gasteiger partial charge < -0.3 is 15.4 Å². The van der Waals surface area contributed by atoms with Crippen LogP contribution in [0.1, 0.15) is 16.1 Å². The van der Waals surface area contributed by atoms with E-state index in [1.807, 2.05) is 24.3 Å². The number of ether oxygens (including phenoxy) is 1. The van der Waals surface area contributed by atoms with Gasteiger partial charge in [-0.15, -0.1) is 0 Å². The van der Waals surface area contributed by atoms with Crippen molar-refractivity contribution in [1.82, 2.24) is 15.0 Å². The molecule has 0 aliphatic heterocycles. The molecule has 7 nitrogen and oxygen atoms in total. The Morgan fingerprint density at radius 2 is 2.00 bits per heavy atom. The van der Waals surface area contributed by atoms with Gasteiger partial charge in [-0.2, -0.15) is 4.98 Å². The zero-order chi connectivity index (χ0) is 17.5. The summed E-state index contributed by atoms with van der Waals surface area (Å²) in [5, 5.41) is 6.27. The Hall–Kier alpha value is -3.48. The van der Waals surface area contributed by atoms with Crippen molar-refractivity contribution in [1.29, 1.82) is 0 Å². The second kappa shape index (κ2) is 7.87. The van der Waals surface area contributed by atoms with E-state index in [0.29, 0.717) is 29.6 Å². The highest BCUT2D eigenvalue weighted by molar-refractivity contribution is 5.90. The van der Waals surface area contributed by atoms with Gasteiger partial charge in [0.1, 0.15) is 5.82 Å². The van der Waals surface area contributed by atoms with E-state index in [9.17, 15) is 4.79 Å². The summed E-state index contributed by atoms with van der Waals surface area (Å²) in [5.41, 5.74) is 2.07. The third-order valence-electron chi connectivity index (χ3n) is 3.37. The van der Waals surface area contributed by atoms with Gasteiger partial charge in [0.05, 0.1) is 24.9 Å². The monoisotopic (exact) mass is 335 g/mol. The normalized spacial score (nSPS) is 10.1. The first kappa shape index (κ1) is 16.4. The number of hydrogen-bond donors (Lipinski definition) is 2. The molecule has 2 heterocycles. The highest BCUT2D eigenvalue weighted by Gasteiger charge is 2.07. The van der Waals surface area contributed by atoms with Crippen molar-refractivity contribution in [3.63, 3.8) is 0 Å². The maximum atomic E-state index is 11.6. The van der Waals surface area contributed by atoms with Gasteiger partial charge in [-0.3, -0.25) is 4.98 Å². The Kier molecular flexibility index (Phi) is 5.16. The van der Waals surface area contributed by atoms with E-state index in [1.165, 1.54) is 7.11 Å². The van der Waals surface area contributed by atoms with Gasteiger partial charge in [-0.05, 0) is 36.4 Å². The average Bonchev–Trinajstić information content (AvgIpc) is 2.67. The van der Waals surface area contributed by atoms with Crippen molar-refractivity contribution in [2.45, 2.75) is 6.54 Å². The maximum Gasteiger partial charge on any atom is 0.337 e. The minimum atomic E-state index is -0.393. The first-order chi connectivity index (χ1) is 12.2. The summed E-state index contributed by atoms with van der Waals surface area (Å²) in [5.74, 6) is 0.704. The third kappa shape index (κ3) is 4.51. The summed E-state index contributed by atoms with van der Waals surface area (Å²) in [6.45, 7) is 0.565. The summed E-state index contributed by atoms with van der Waals surface area (Å²) in [6.07, 6.45) is 3.40. The van der Waals surface area contributed by atoms with Crippen molar-refractivity contribution in [2.24, 2.45) is 0 Å². The van der Waals surface area contributed by atoms with E-state index in [2.05, 4.69) is 25.6 Å². The Labute approximate surface area is 145 Å². The number of rotatable bonds is 6. The lowest BCUT2D eigenvalue weighted by molar-refractivity contribution is 0.0601. The van der Waals surface area contributed by atoms with Crippen LogP contribution in [0.25, 0.3) is 0 Å². The Balaban J connectivity index is 1.68. The summed E-state index contributed by atoms with van der Waals surface area (Å²) < 4.78 is 4.72. The Bertz CT molecular complexity index is 855. The number of esters is 1. The third-order valence-corrected chi connectivity index (χ3v) is 3.37. The van der Waals surface area contributed by atoms with Crippen LogP contribution in [-0.4, -0.2) is 28.0 Å². The fraction of sp³-hybridized carbons (Fsp3) is 0.111. The molecule has 0 amide bonds. The molecule has 3 rings (SSSR count). The topological polar surface area (TPSA) is 89.0 Å². The lowest BCUT2D eigenvalue weighted by Gasteiger charge is -2.09. The van der Waals surface area contributed by atoms with E-state index in [0.717, 1.165) is 5.69 Å². The van der Waals surface area contributed by atoms with E-state index < -0.39 is 5.97 Å². The molecule has 0 spiro atoms. The lowest BCUT2D eigenvalue weighted by Crippen LogP contribution is -2.06. The van der Waals surface area contributed by atoms with E-state index in [1.54, 1.807) is 36.7 Å². The van der Waals surface area contributed by atoms with Gasteiger partial charge in [-0.1, -0.05) is 12.1 Å². The molecule has 0 radical (unpaired) electrons. The molecule has 7 heteroatoms. The molecule has 0 unspecified atom stereocenters. The van der Waals surface area contributed by atoms with Crippen LogP contribution < -0.4 is 10.6 Å². The number of carbonyl (C=O) groups excluding carboxylic acids is 1. The number of pyridine rings is 1. The van der Waals surface area contributed by atoms with Crippen molar-refractivity contribution < 1.29 is 9.53 Å². The largest absolute Gasteiger partial charge is 0.465 e. The van der Waals surface area contributed by atoms with Crippen LogP contribution in [0.15, 0.2) is 60.9 Å². The fourth-order valence-corrected chi connectivity index (χ4v) is 2.17. The molecule has 1 aromatic carbocycles. The molecule has 0 aliphatic rings. The van der Waals surface area contributed by atoms with Crippen molar-refractivity contribution in [2.75, 3.05) is 17.7 Å². The highest BCUT2D eigenvalue weighted by Crippen LogP contribution is 2.16. The predicted molar refractivity (Wildman–Crippen MR) is 94.7 cm³/mol. The summed E-state index contributed by atoms with van der Waals surface area (Å²) in [4.78, 5) is 24.4. The van der Waals surface area contributed by atoms with Crippen LogP contribution in [0.4, 0.5) is 17.5 Å². The summed E-state index contributed by atoms with van der Waals surface area (Å²) in [7, 11) is 1.35. The average molecular weight is 335 g/mol. The first-order valence-corrected chi connectivity index (χ1v) is 7.67. The number of carbonyl (C=O) groups is 1. The molecule has 3 aromatic rings. The van der Waals surface area contributed by atoms with Gasteiger partial charge in [-0.25, -0.2) is 9.78 Å². The minimum Gasteiger partial charge on any atom is -0.465 e. The second-order valence-electron chi connectivity index (χ2n) is 5.14. The Morgan fingerprint density at radius 1 is 1.08 bits per heavy atom. The van der Waals surface area contributed by atoms with E-state index >= 15 is 0 Å². The molecule has 0 atom stereocenters. The molecular weight excluding hydrogens is 318 g/mol. The van der Waals surface area contributed by atoms with Crippen molar-refractivity contribution >= 4 is 23.4 Å². The van der Waals surface area contributed by atoms with Crippen molar-refractivity contribution in [3.8, 4) is 0 Å². The molecule has 0 bridgehead atoms. The van der Waals surface area contributed by atoms with Crippen LogP contribution >= 0.6 is 0 Å². The van der Waals surface area contributed by atoms with Crippen LogP contribution in [0.2, 0.25) is 0 Å². The van der Waals surface area contributed by atoms with Gasteiger partial charge in [0.15, 0.2) is 0 Å². The standard InChI is InChI=1S/C18H17N5O2/c1-25-17(24)13-5-4-7-14(11-13)22-18-20-10-8-16(23-18)21-12-15-6-2-3-9-19-15/h2-11H,12H2,1H3,(H2,20,21,22,23). The molecule has 2 aromatic heterocycles. The molecular formula is C18H17N5O2. The van der Waals surface area contributed by atoms with E-state index in [4.69, 9.17) is 4.74 Å². The SMILES string of the molecule is COC(=O)c1cccc(Nc2nccc(NCc3ccccn3)n2)c1. The molecule has 126 valence electrons. The molecule has 0 fully saturated rings. The van der Waals surface area contributed by atoms with Crippen LogP contribution in [0, 0.1) is 0 Å². The fourth-order valence-electron chi connectivity index (χ4n) is 2.17. The smallest absolute Gasteiger partial charge is 0.337 e. The predicted octanol–water partition coefficient (Wildman–Crippen LogP) is 3.01. The number of nitrogens with zero attached hydrogens (tertiary/aromatic N) is 3. The zero-order valence-electron chi connectivity index (χ0n) is 13.6. The highest BCUT2D eigenvalue weighted by atomic mass is 16.5.